The van der Waals surface area contributed by atoms with Gasteiger partial charge >= 0.3 is 0 Å². The van der Waals surface area contributed by atoms with Gasteiger partial charge in [-0.1, -0.05) is 18.2 Å². The van der Waals surface area contributed by atoms with E-state index in [0.29, 0.717) is 43.1 Å². The van der Waals surface area contributed by atoms with Gasteiger partial charge in [-0.3, -0.25) is 9.59 Å². The third-order valence-corrected chi connectivity index (χ3v) is 5.31. The lowest BCUT2D eigenvalue weighted by molar-refractivity contribution is -0.140. The number of rotatable bonds is 10. The predicted octanol–water partition coefficient (Wildman–Crippen LogP) is 3.65. The number of aliphatic hydroxyl groups is 1. The number of hydrogen-bond acceptors (Lipinski definition) is 7. The zero-order valence-electron chi connectivity index (χ0n) is 19.0. The van der Waals surface area contributed by atoms with Gasteiger partial charge in [-0.25, -0.2) is 0 Å². The average Bonchev–Trinajstić information content (AvgIpc) is 3.06. The Morgan fingerprint density at radius 1 is 1.06 bits per heavy atom. The molecule has 2 aromatic carbocycles. The van der Waals surface area contributed by atoms with E-state index in [9.17, 15) is 19.8 Å². The van der Waals surface area contributed by atoms with Crippen molar-refractivity contribution in [2.24, 2.45) is 0 Å². The third-order valence-electron chi connectivity index (χ3n) is 5.31. The van der Waals surface area contributed by atoms with Crippen molar-refractivity contribution in [2.75, 3.05) is 33.5 Å². The van der Waals surface area contributed by atoms with Crippen molar-refractivity contribution in [3.63, 3.8) is 0 Å². The largest absolute Gasteiger partial charge is 0.507 e. The second kappa shape index (κ2) is 10.9. The van der Waals surface area contributed by atoms with Crippen LogP contribution < -0.4 is 9.47 Å². The molecule has 0 aromatic heterocycles. The number of ether oxygens (including phenoxy) is 3. The van der Waals surface area contributed by atoms with E-state index < -0.39 is 17.7 Å². The summed E-state index contributed by atoms with van der Waals surface area (Å²) in [4.78, 5) is 27.5. The Morgan fingerprint density at radius 3 is 2.52 bits per heavy atom. The van der Waals surface area contributed by atoms with E-state index in [0.717, 1.165) is 0 Å². The molecule has 1 aliphatic heterocycles. The number of carbonyl (C=O) groups excluding carboxylic acids is 2. The van der Waals surface area contributed by atoms with Crippen LogP contribution in [0.2, 0.25) is 0 Å². The van der Waals surface area contributed by atoms with Crippen LogP contribution in [0.3, 0.4) is 0 Å². The molecule has 8 nitrogen and oxygen atoms in total. The highest BCUT2D eigenvalue weighted by Crippen LogP contribution is 2.42. The van der Waals surface area contributed by atoms with Crippen LogP contribution in [0.15, 0.2) is 48.0 Å². The predicted molar refractivity (Wildman–Crippen MR) is 122 cm³/mol. The molecular weight excluding hydrogens is 426 g/mol. The highest BCUT2D eigenvalue weighted by atomic mass is 16.5. The van der Waals surface area contributed by atoms with Gasteiger partial charge in [0, 0.05) is 25.8 Å². The van der Waals surface area contributed by atoms with E-state index in [-0.39, 0.29) is 29.4 Å². The van der Waals surface area contributed by atoms with Crippen molar-refractivity contribution >= 4 is 17.4 Å². The van der Waals surface area contributed by atoms with Crippen LogP contribution in [-0.2, 0) is 14.3 Å². The van der Waals surface area contributed by atoms with Gasteiger partial charge < -0.3 is 29.3 Å². The van der Waals surface area contributed by atoms with Gasteiger partial charge in [0.15, 0.2) is 11.5 Å². The molecule has 0 radical (unpaired) electrons. The van der Waals surface area contributed by atoms with E-state index in [1.54, 1.807) is 50.4 Å². The minimum absolute atomic E-state index is 0.0285. The summed E-state index contributed by atoms with van der Waals surface area (Å²) in [5.74, 6) is -1.06. The Kier molecular flexibility index (Phi) is 7.95. The Labute approximate surface area is 193 Å². The van der Waals surface area contributed by atoms with E-state index in [1.807, 2.05) is 6.92 Å². The zero-order chi connectivity index (χ0) is 24.0. The van der Waals surface area contributed by atoms with Crippen LogP contribution in [0.1, 0.15) is 37.4 Å². The zero-order valence-corrected chi connectivity index (χ0v) is 19.0. The van der Waals surface area contributed by atoms with Crippen LogP contribution in [0.4, 0.5) is 0 Å². The molecule has 1 heterocycles. The lowest BCUT2D eigenvalue weighted by atomic mass is 9.95. The molecule has 1 amide bonds. The smallest absolute Gasteiger partial charge is 0.295 e. The highest BCUT2D eigenvalue weighted by Gasteiger charge is 2.46. The number of phenolic OH excluding ortho intramolecular Hbond substituents is 1. The van der Waals surface area contributed by atoms with E-state index in [1.165, 1.54) is 11.0 Å². The SMILES string of the molecule is CCOc1cccc(/C(O)=C2/C(=O)C(=O)N(CCCOC)C2c2ccc(O)c(OCC)c2)c1. The quantitative estimate of drug-likeness (QED) is 0.244. The van der Waals surface area contributed by atoms with Crippen molar-refractivity contribution in [1.82, 2.24) is 4.90 Å². The first-order chi connectivity index (χ1) is 15.9. The summed E-state index contributed by atoms with van der Waals surface area (Å²) < 4.78 is 16.1. The molecule has 2 N–H and O–H groups in total. The molecule has 0 aliphatic carbocycles. The summed E-state index contributed by atoms with van der Waals surface area (Å²) in [5.41, 5.74) is 0.874. The van der Waals surface area contributed by atoms with E-state index in [2.05, 4.69) is 0 Å². The summed E-state index contributed by atoms with van der Waals surface area (Å²) >= 11 is 0. The molecule has 0 saturated carbocycles. The first-order valence-electron chi connectivity index (χ1n) is 10.9. The van der Waals surface area contributed by atoms with Gasteiger partial charge in [-0.05, 0) is 50.1 Å². The summed E-state index contributed by atoms with van der Waals surface area (Å²) in [6.07, 6.45) is 0.510. The second-order valence-electron chi connectivity index (χ2n) is 7.46. The standard InChI is InChI=1S/C25H29NO7/c1-4-32-18-9-6-8-17(14-18)23(28)21-22(16-10-11-19(27)20(15-16)33-5-2)26(12-7-13-31-3)25(30)24(21)29/h6,8-11,14-15,22,27-28H,4-5,7,12-13H2,1-3H3/b23-21-. The van der Waals surface area contributed by atoms with Crippen LogP contribution >= 0.6 is 0 Å². The number of amides is 1. The molecule has 33 heavy (non-hydrogen) atoms. The molecule has 1 aliphatic rings. The number of Topliss-reactive ketones (excluding diaryl/α,β-unsaturated/α-hetero) is 1. The van der Waals surface area contributed by atoms with Crippen molar-refractivity contribution < 1.29 is 34.0 Å². The Hall–Kier alpha value is -3.52. The lowest BCUT2D eigenvalue weighted by Gasteiger charge is -2.25. The number of nitrogens with zero attached hydrogens (tertiary/aromatic N) is 1. The van der Waals surface area contributed by atoms with Gasteiger partial charge in [0.1, 0.15) is 11.5 Å². The number of hydrogen-bond donors (Lipinski definition) is 2. The van der Waals surface area contributed by atoms with Crippen molar-refractivity contribution in [2.45, 2.75) is 26.3 Å². The fraction of sp³-hybridized carbons (Fsp3) is 0.360. The van der Waals surface area contributed by atoms with Crippen molar-refractivity contribution in [3.05, 3.63) is 59.2 Å². The molecule has 1 fully saturated rings. The minimum atomic E-state index is -0.850. The molecule has 2 aromatic rings. The summed E-state index contributed by atoms with van der Waals surface area (Å²) in [5, 5.41) is 21.3. The fourth-order valence-electron chi connectivity index (χ4n) is 3.86. The van der Waals surface area contributed by atoms with Crippen molar-refractivity contribution in [1.29, 1.82) is 0 Å². The van der Waals surface area contributed by atoms with Gasteiger partial charge in [0.25, 0.3) is 11.7 Å². The third kappa shape index (κ3) is 5.12. The first kappa shape index (κ1) is 24.1. The molecule has 1 unspecified atom stereocenters. The minimum Gasteiger partial charge on any atom is -0.507 e. The molecular formula is C25H29NO7. The second-order valence-corrected chi connectivity index (χ2v) is 7.46. The van der Waals surface area contributed by atoms with E-state index in [4.69, 9.17) is 14.2 Å². The molecule has 0 bridgehead atoms. The molecule has 176 valence electrons. The summed E-state index contributed by atoms with van der Waals surface area (Å²) in [6.45, 7) is 5.07. The van der Waals surface area contributed by atoms with Crippen LogP contribution in [0.5, 0.6) is 17.2 Å². The summed E-state index contributed by atoms with van der Waals surface area (Å²) in [6, 6.07) is 10.5. The maximum absolute atomic E-state index is 13.1. The number of methoxy groups -OCH3 is 1. The van der Waals surface area contributed by atoms with Gasteiger partial charge in [0.05, 0.1) is 24.8 Å². The summed E-state index contributed by atoms with van der Waals surface area (Å²) in [7, 11) is 1.56. The number of ketones is 1. The van der Waals surface area contributed by atoms with Gasteiger partial charge in [-0.15, -0.1) is 0 Å². The normalized spacial score (nSPS) is 17.4. The molecule has 8 heteroatoms. The highest BCUT2D eigenvalue weighted by molar-refractivity contribution is 6.46. The molecule has 0 spiro atoms. The lowest BCUT2D eigenvalue weighted by Crippen LogP contribution is -2.31. The number of carbonyl (C=O) groups is 2. The maximum atomic E-state index is 13.1. The van der Waals surface area contributed by atoms with Gasteiger partial charge in [0.2, 0.25) is 0 Å². The number of phenols is 1. The Balaban J connectivity index is 2.14. The number of benzene rings is 2. The molecule has 1 atom stereocenters. The van der Waals surface area contributed by atoms with Crippen LogP contribution in [0.25, 0.3) is 5.76 Å². The number of aliphatic hydroxyl groups excluding tert-OH is 1. The van der Waals surface area contributed by atoms with Crippen molar-refractivity contribution in [3.8, 4) is 17.2 Å². The molecule has 1 saturated heterocycles. The van der Waals surface area contributed by atoms with Gasteiger partial charge in [-0.2, -0.15) is 0 Å². The average molecular weight is 456 g/mol. The first-order valence-corrected chi connectivity index (χ1v) is 10.9. The fourth-order valence-corrected chi connectivity index (χ4v) is 3.86. The number of aromatic hydroxyl groups is 1. The Morgan fingerprint density at radius 2 is 1.82 bits per heavy atom. The Bertz CT molecular complexity index is 1050. The number of likely N-dealkylation sites (tertiary alicyclic amines) is 1. The molecule has 3 rings (SSSR count). The monoisotopic (exact) mass is 455 g/mol. The van der Waals surface area contributed by atoms with Crippen LogP contribution in [0, 0.1) is 0 Å². The maximum Gasteiger partial charge on any atom is 0.295 e. The van der Waals surface area contributed by atoms with Crippen LogP contribution in [-0.4, -0.2) is 60.3 Å². The van der Waals surface area contributed by atoms with E-state index >= 15 is 0 Å². The topological polar surface area (TPSA) is 106 Å².